The lowest BCUT2D eigenvalue weighted by Crippen LogP contribution is -2.12. The molecule has 2 heteroatoms. The molecule has 0 heterocycles. The van der Waals surface area contributed by atoms with Gasteiger partial charge in [0.15, 0.2) is 0 Å². The number of unbranched alkanes of at least 4 members (excludes halogenated alkanes) is 4. The molecule has 0 bridgehead atoms. The average Bonchev–Trinajstić information content (AvgIpc) is 2.17. The van der Waals surface area contributed by atoms with Crippen LogP contribution in [0.3, 0.4) is 0 Å². The molecule has 0 aliphatic heterocycles. The number of hydrogen-bond donors (Lipinski definition) is 1. The molecule has 0 aromatic rings. The summed E-state index contributed by atoms with van der Waals surface area (Å²) in [5.74, 6) is 5.88. The maximum Gasteiger partial charge on any atom is 0.140 e. The molecule has 1 N–H and O–H groups in total. The molecule has 1 atom stereocenters. The summed E-state index contributed by atoms with van der Waals surface area (Å²) in [4.78, 5) is 0. The second-order valence-electron chi connectivity index (χ2n) is 3.04. The first-order valence-electron chi connectivity index (χ1n) is 4.97. The largest absolute Gasteiger partial charge is 0.393 e. The van der Waals surface area contributed by atoms with Crippen LogP contribution in [0.25, 0.3) is 0 Å². The van der Waals surface area contributed by atoms with Crippen LogP contribution in [0.5, 0.6) is 0 Å². The van der Waals surface area contributed by atoms with Gasteiger partial charge in [-0.3, -0.25) is 0 Å². The van der Waals surface area contributed by atoms with Gasteiger partial charge in [-0.1, -0.05) is 32.1 Å². The van der Waals surface area contributed by atoms with Gasteiger partial charge in [-0.2, -0.15) is 0 Å². The Kier molecular flexibility index (Phi) is 9.18. The second-order valence-corrected chi connectivity index (χ2v) is 3.04. The normalized spacial score (nSPS) is 11.9. The van der Waals surface area contributed by atoms with Gasteiger partial charge in [0.1, 0.15) is 6.10 Å². The van der Waals surface area contributed by atoms with Gasteiger partial charge in [0.2, 0.25) is 0 Å². The first-order valence-corrected chi connectivity index (χ1v) is 4.97. The van der Waals surface area contributed by atoms with Gasteiger partial charge in [0.25, 0.3) is 0 Å². The van der Waals surface area contributed by atoms with E-state index in [1.807, 2.05) is 0 Å². The van der Waals surface area contributed by atoms with Crippen LogP contribution in [-0.4, -0.2) is 24.9 Å². The van der Waals surface area contributed by atoms with E-state index in [1.54, 1.807) is 7.11 Å². The van der Waals surface area contributed by atoms with Crippen molar-refractivity contribution in [1.82, 2.24) is 0 Å². The van der Waals surface area contributed by atoms with Gasteiger partial charge in [-0.15, -0.1) is 5.92 Å². The lowest BCUT2D eigenvalue weighted by atomic mass is 10.1. The molecule has 0 rings (SSSR count). The maximum atomic E-state index is 8.74. The fraction of sp³-hybridized carbons (Fsp3) is 0.818. The van der Waals surface area contributed by atoms with E-state index in [4.69, 9.17) is 9.84 Å². The molecule has 0 aliphatic carbocycles. The van der Waals surface area contributed by atoms with Crippen LogP contribution in [0.1, 0.15) is 39.0 Å². The monoisotopic (exact) mass is 184 g/mol. The Morgan fingerprint density at radius 2 is 2.08 bits per heavy atom. The topological polar surface area (TPSA) is 29.5 Å². The molecule has 0 radical (unpaired) electrons. The zero-order chi connectivity index (χ0) is 9.94. The summed E-state index contributed by atoms with van der Waals surface area (Å²) in [5, 5.41) is 8.74. The third-order valence-corrected chi connectivity index (χ3v) is 1.87. The van der Waals surface area contributed by atoms with Gasteiger partial charge in [0.05, 0.1) is 6.61 Å². The van der Waals surface area contributed by atoms with Crippen LogP contribution in [0, 0.1) is 11.8 Å². The van der Waals surface area contributed by atoms with Gasteiger partial charge in [-0.05, 0) is 6.42 Å². The first kappa shape index (κ1) is 12.5. The highest BCUT2D eigenvalue weighted by molar-refractivity contribution is 5.04. The summed E-state index contributed by atoms with van der Waals surface area (Å²) in [5.41, 5.74) is 0. The Morgan fingerprint density at radius 1 is 1.31 bits per heavy atom. The lowest BCUT2D eigenvalue weighted by Gasteiger charge is -2.01. The van der Waals surface area contributed by atoms with Crippen LogP contribution in [0.2, 0.25) is 0 Å². The molecule has 2 nitrogen and oxygen atoms in total. The maximum absolute atomic E-state index is 8.74. The smallest absolute Gasteiger partial charge is 0.140 e. The molecule has 0 aromatic carbocycles. The van der Waals surface area contributed by atoms with E-state index in [0.717, 1.165) is 12.8 Å². The molecule has 0 fully saturated rings. The molecule has 0 saturated carbocycles. The predicted molar refractivity (Wildman–Crippen MR) is 54.4 cm³/mol. The molecule has 76 valence electrons. The van der Waals surface area contributed by atoms with Crippen molar-refractivity contribution < 1.29 is 9.84 Å². The van der Waals surface area contributed by atoms with E-state index in [1.165, 1.54) is 19.3 Å². The molecule has 0 aromatic heterocycles. The van der Waals surface area contributed by atoms with Gasteiger partial charge < -0.3 is 9.84 Å². The highest BCUT2D eigenvalue weighted by Gasteiger charge is 1.96. The van der Waals surface area contributed by atoms with Crippen LogP contribution >= 0.6 is 0 Å². The summed E-state index contributed by atoms with van der Waals surface area (Å²) in [6.45, 7) is 2.18. The molecular formula is C11H20O2. The molecular weight excluding hydrogens is 164 g/mol. The van der Waals surface area contributed by atoms with Crippen molar-refractivity contribution in [2.24, 2.45) is 0 Å². The minimum Gasteiger partial charge on any atom is -0.393 e. The molecule has 0 saturated heterocycles. The van der Waals surface area contributed by atoms with Crippen molar-refractivity contribution in [1.29, 1.82) is 0 Å². The third kappa shape index (κ3) is 7.83. The number of hydrogen-bond acceptors (Lipinski definition) is 2. The number of ether oxygens (including phenoxy) is 1. The first-order chi connectivity index (χ1) is 6.35. The lowest BCUT2D eigenvalue weighted by molar-refractivity contribution is 0.0883. The Balaban J connectivity index is 3.37. The highest BCUT2D eigenvalue weighted by atomic mass is 16.5. The number of methoxy groups -OCH3 is 1. The van der Waals surface area contributed by atoms with Gasteiger partial charge in [0, 0.05) is 13.5 Å². The van der Waals surface area contributed by atoms with Crippen LogP contribution in [0.15, 0.2) is 0 Å². The SMILES string of the molecule is CCCCCCC#CC(CO)OC. The summed E-state index contributed by atoms with van der Waals surface area (Å²) < 4.78 is 4.90. The van der Waals surface area contributed by atoms with E-state index in [0.29, 0.717) is 0 Å². The van der Waals surface area contributed by atoms with Crippen molar-refractivity contribution >= 4 is 0 Å². The summed E-state index contributed by atoms with van der Waals surface area (Å²) >= 11 is 0. The summed E-state index contributed by atoms with van der Waals surface area (Å²) in [6, 6.07) is 0. The molecule has 0 amide bonds. The molecule has 13 heavy (non-hydrogen) atoms. The van der Waals surface area contributed by atoms with Crippen LogP contribution < -0.4 is 0 Å². The Hall–Kier alpha value is -0.520. The molecule has 0 spiro atoms. The number of rotatable bonds is 6. The minimum atomic E-state index is -0.300. The van der Waals surface area contributed by atoms with Crippen molar-refractivity contribution in [3.8, 4) is 11.8 Å². The Bertz CT molecular complexity index is 151. The van der Waals surface area contributed by atoms with Crippen LogP contribution in [0.4, 0.5) is 0 Å². The van der Waals surface area contributed by atoms with Gasteiger partial charge >= 0.3 is 0 Å². The Labute approximate surface area is 81.3 Å². The summed E-state index contributed by atoms with van der Waals surface area (Å²) in [7, 11) is 1.56. The fourth-order valence-electron chi connectivity index (χ4n) is 1.01. The standard InChI is InChI=1S/C11H20O2/c1-3-4-5-6-7-8-9-11(10-12)13-2/h11-12H,3-7,10H2,1-2H3. The quantitative estimate of drug-likeness (QED) is 0.505. The van der Waals surface area contributed by atoms with Crippen LogP contribution in [-0.2, 0) is 4.74 Å². The number of aliphatic hydroxyl groups excluding tert-OH is 1. The Morgan fingerprint density at radius 3 is 2.62 bits per heavy atom. The van der Waals surface area contributed by atoms with Crippen molar-refractivity contribution in [2.45, 2.75) is 45.1 Å². The van der Waals surface area contributed by atoms with Crippen molar-refractivity contribution in [3.05, 3.63) is 0 Å². The predicted octanol–water partition coefficient (Wildman–Crippen LogP) is 1.97. The van der Waals surface area contributed by atoms with E-state index >= 15 is 0 Å². The van der Waals surface area contributed by atoms with E-state index in [9.17, 15) is 0 Å². The zero-order valence-electron chi connectivity index (χ0n) is 8.68. The average molecular weight is 184 g/mol. The van der Waals surface area contributed by atoms with E-state index in [2.05, 4.69) is 18.8 Å². The number of aliphatic hydroxyl groups is 1. The van der Waals surface area contributed by atoms with E-state index in [-0.39, 0.29) is 12.7 Å². The zero-order valence-corrected chi connectivity index (χ0v) is 8.68. The second kappa shape index (κ2) is 9.57. The highest BCUT2D eigenvalue weighted by Crippen LogP contribution is 2.01. The van der Waals surface area contributed by atoms with E-state index < -0.39 is 0 Å². The van der Waals surface area contributed by atoms with Crippen molar-refractivity contribution in [2.75, 3.05) is 13.7 Å². The molecule has 0 aliphatic rings. The minimum absolute atomic E-state index is 0.0154. The van der Waals surface area contributed by atoms with Crippen molar-refractivity contribution in [3.63, 3.8) is 0 Å². The van der Waals surface area contributed by atoms with Gasteiger partial charge in [-0.25, -0.2) is 0 Å². The molecule has 1 unspecified atom stereocenters. The third-order valence-electron chi connectivity index (χ3n) is 1.87. The fourth-order valence-corrected chi connectivity index (χ4v) is 1.01. The summed E-state index contributed by atoms with van der Waals surface area (Å²) in [6.07, 6.45) is 5.57.